The monoisotopic (exact) mass is 480 g/mol. The van der Waals surface area contributed by atoms with Crippen molar-refractivity contribution in [2.75, 3.05) is 37.4 Å². The molecule has 176 valence electrons. The van der Waals surface area contributed by atoms with E-state index in [-0.39, 0.29) is 17.1 Å². The molecular weight excluding hydrogens is 457 g/mol. The maximum Gasteiger partial charge on any atom is 0.416 e. The molecule has 0 aromatic heterocycles. The van der Waals surface area contributed by atoms with E-state index in [0.717, 1.165) is 12.1 Å². The summed E-state index contributed by atoms with van der Waals surface area (Å²) in [5.74, 6) is -0.658. The molecule has 0 radical (unpaired) electrons. The molecule has 11 heteroatoms. The van der Waals surface area contributed by atoms with Gasteiger partial charge in [0.1, 0.15) is 4.90 Å². The zero-order valence-electron chi connectivity index (χ0n) is 18.1. The predicted molar refractivity (Wildman–Crippen MR) is 119 cm³/mol. The topological polar surface area (TPSA) is 82.1 Å². The number of carbonyl (C=O) groups excluding carboxylic acids is 1. The molecule has 4 rings (SSSR count). The molecule has 0 aliphatic carbocycles. The first-order chi connectivity index (χ1) is 15.5. The van der Waals surface area contributed by atoms with Crippen molar-refractivity contribution < 1.29 is 26.4 Å². The van der Waals surface area contributed by atoms with Crippen LogP contribution < -0.4 is 10.2 Å². The van der Waals surface area contributed by atoms with Crippen LogP contribution in [0.4, 0.5) is 24.5 Å². The number of carbonyl (C=O) groups is 1. The smallest absolute Gasteiger partial charge is 0.376 e. The van der Waals surface area contributed by atoms with Gasteiger partial charge < -0.3 is 15.1 Å². The van der Waals surface area contributed by atoms with Gasteiger partial charge in [-0.3, -0.25) is 4.79 Å². The Hall–Kier alpha value is -3.08. The third kappa shape index (κ3) is 4.54. The highest BCUT2D eigenvalue weighted by Gasteiger charge is 2.36. The van der Waals surface area contributed by atoms with Gasteiger partial charge in [-0.25, -0.2) is 0 Å². The minimum Gasteiger partial charge on any atom is -0.376 e. The number of fused-ring (bicyclic) bond motifs is 1. The second-order valence-electron chi connectivity index (χ2n) is 8.28. The van der Waals surface area contributed by atoms with Crippen molar-refractivity contribution >= 4 is 33.1 Å². The Morgan fingerprint density at radius 2 is 1.91 bits per heavy atom. The normalized spacial score (nSPS) is 19.6. The van der Waals surface area contributed by atoms with Gasteiger partial charge in [0, 0.05) is 32.7 Å². The molecule has 2 aromatic rings. The number of alkyl halides is 3. The molecule has 2 aliphatic heterocycles. The van der Waals surface area contributed by atoms with Crippen molar-refractivity contribution in [3.63, 3.8) is 0 Å². The molecule has 0 bridgehead atoms. The van der Waals surface area contributed by atoms with E-state index in [1.807, 2.05) is 0 Å². The van der Waals surface area contributed by atoms with Gasteiger partial charge in [0.2, 0.25) is 5.91 Å². The molecule has 1 N–H and O–H groups in total. The number of amidine groups is 1. The van der Waals surface area contributed by atoms with Gasteiger partial charge in [-0.2, -0.15) is 21.6 Å². The fraction of sp³-hybridized carbons (Fsp3) is 0.364. The Kier molecular flexibility index (Phi) is 5.85. The quantitative estimate of drug-likeness (QED) is 0.727. The highest BCUT2D eigenvalue weighted by atomic mass is 32.2. The number of amides is 1. The zero-order valence-corrected chi connectivity index (χ0v) is 18.9. The second-order valence-corrected chi connectivity index (χ2v) is 9.86. The molecule has 1 unspecified atom stereocenters. The molecule has 7 nitrogen and oxygen atoms in total. The number of benzene rings is 2. The Morgan fingerprint density at radius 3 is 2.61 bits per heavy atom. The minimum absolute atomic E-state index is 0.0723. The second kappa shape index (κ2) is 8.36. The SMILES string of the molecule is CN(C)c1ccc(C(F)(F)F)cc1NC(=O)C1CCCN(C2=NS(=O)(=O)c3ccccc32)C1. The highest BCUT2D eigenvalue weighted by Crippen LogP contribution is 2.36. The lowest BCUT2D eigenvalue weighted by Gasteiger charge is -2.33. The number of likely N-dealkylation sites (tertiary alicyclic amines) is 1. The zero-order chi connectivity index (χ0) is 24.0. The van der Waals surface area contributed by atoms with Crippen LogP contribution in [0.5, 0.6) is 0 Å². The van der Waals surface area contributed by atoms with Crippen LogP contribution in [-0.2, 0) is 21.0 Å². The maximum atomic E-state index is 13.2. The number of nitrogens with zero attached hydrogens (tertiary/aromatic N) is 3. The van der Waals surface area contributed by atoms with Gasteiger partial charge in [-0.1, -0.05) is 12.1 Å². The number of hydrogen-bond donors (Lipinski definition) is 1. The van der Waals surface area contributed by atoms with Crippen LogP contribution in [-0.4, -0.2) is 52.2 Å². The summed E-state index contributed by atoms with van der Waals surface area (Å²) in [5.41, 5.74) is 0.161. The highest BCUT2D eigenvalue weighted by molar-refractivity contribution is 7.90. The number of piperidine rings is 1. The van der Waals surface area contributed by atoms with Crippen LogP contribution in [0.15, 0.2) is 51.8 Å². The first kappa shape index (κ1) is 23.1. The van der Waals surface area contributed by atoms with E-state index in [0.29, 0.717) is 36.5 Å². The standard InChI is InChI=1S/C22H23F3N4O3S/c1-28(2)18-10-9-15(22(23,24)25)12-17(18)26-21(30)14-6-5-11-29(13-14)20-16-7-3-4-8-19(16)33(31,32)27-20/h3-4,7-10,12,14H,5-6,11,13H2,1-2H3,(H,26,30). The number of halogens is 3. The van der Waals surface area contributed by atoms with Crippen molar-refractivity contribution in [3.8, 4) is 0 Å². The largest absolute Gasteiger partial charge is 0.416 e. The van der Waals surface area contributed by atoms with E-state index in [2.05, 4.69) is 9.71 Å². The van der Waals surface area contributed by atoms with E-state index in [9.17, 15) is 26.4 Å². The molecule has 2 aromatic carbocycles. The number of nitrogens with one attached hydrogen (secondary N) is 1. The van der Waals surface area contributed by atoms with E-state index >= 15 is 0 Å². The summed E-state index contributed by atoms with van der Waals surface area (Å²) in [4.78, 5) is 16.6. The van der Waals surface area contributed by atoms with Crippen molar-refractivity contribution in [1.29, 1.82) is 0 Å². The molecule has 2 aliphatic rings. The average molecular weight is 481 g/mol. The van der Waals surface area contributed by atoms with Gasteiger partial charge >= 0.3 is 6.18 Å². The van der Waals surface area contributed by atoms with Gasteiger partial charge in [0.15, 0.2) is 5.84 Å². The minimum atomic E-state index is -4.54. The molecule has 1 fully saturated rings. The van der Waals surface area contributed by atoms with E-state index < -0.39 is 33.6 Å². The summed E-state index contributed by atoms with van der Waals surface area (Å²) < 4.78 is 68.3. The van der Waals surface area contributed by atoms with Crippen molar-refractivity contribution in [2.45, 2.75) is 23.9 Å². The average Bonchev–Trinajstić information content (AvgIpc) is 3.04. The van der Waals surface area contributed by atoms with Crippen molar-refractivity contribution in [2.24, 2.45) is 10.3 Å². The number of hydrogen-bond acceptors (Lipinski definition) is 5. The maximum absolute atomic E-state index is 13.2. The number of anilines is 2. The van der Waals surface area contributed by atoms with Gasteiger partial charge in [0.25, 0.3) is 10.0 Å². The fourth-order valence-electron chi connectivity index (χ4n) is 4.14. The number of rotatable bonds is 3. The van der Waals surface area contributed by atoms with Crippen LogP contribution in [0, 0.1) is 5.92 Å². The Morgan fingerprint density at radius 1 is 1.18 bits per heavy atom. The third-order valence-corrected chi connectivity index (χ3v) is 7.09. The first-order valence-corrected chi connectivity index (χ1v) is 11.8. The van der Waals surface area contributed by atoms with E-state index in [1.54, 1.807) is 42.1 Å². The molecule has 0 spiro atoms. The van der Waals surface area contributed by atoms with Gasteiger partial charge in [-0.15, -0.1) is 4.40 Å². The van der Waals surface area contributed by atoms with Crippen LogP contribution >= 0.6 is 0 Å². The van der Waals surface area contributed by atoms with E-state index in [4.69, 9.17) is 0 Å². The van der Waals surface area contributed by atoms with E-state index in [1.165, 1.54) is 12.1 Å². The summed E-state index contributed by atoms with van der Waals surface area (Å²) in [6, 6.07) is 9.74. The lowest BCUT2D eigenvalue weighted by atomic mass is 9.96. The van der Waals surface area contributed by atoms with Crippen molar-refractivity contribution in [1.82, 2.24) is 4.90 Å². The molecule has 2 heterocycles. The first-order valence-electron chi connectivity index (χ1n) is 10.4. The molecular formula is C22H23F3N4O3S. The fourth-order valence-corrected chi connectivity index (χ4v) is 5.36. The molecule has 1 amide bonds. The number of sulfonamides is 1. The molecule has 0 saturated carbocycles. The predicted octanol–water partition coefficient (Wildman–Crippen LogP) is 3.57. The Labute approximate surface area is 190 Å². The summed E-state index contributed by atoms with van der Waals surface area (Å²) >= 11 is 0. The molecule has 33 heavy (non-hydrogen) atoms. The summed E-state index contributed by atoms with van der Waals surface area (Å²) in [6.07, 6.45) is -3.39. The lowest BCUT2D eigenvalue weighted by molar-refractivity contribution is -0.137. The van der Waals surface area contributed by atoms with Crippen molar-refractivity contribution in [3.05, 3.63) is 53.6 Å². The summed E-state index contributed by atoms with van der Waals surface area (Å²) in [7, 11) is -0.436. The Balaban J connectivity index is 1.56. The summed E-state index contributed by atoms with van der Waals surface area (Å²) in [5, 5.41) is 2.66. The van der Waals surface area contributed by atoms with Crippen LogP contribution in [0.1, 0.15) is 24.0 Å². The molecule has 1 atom stereocenters. The van der Waals surface area contributed by atoms with Gasteiger partial charge in [0.05, 0.1) is 22.9 Å². The molecule has 1 saturated heterocycles. The third-order valence-electron chi connectivity index (χ3n) is 5.77. The lowest BCUT2D eigenvalue weighted by Crippen LogP contribution is -2.43. The van der Waals surface area contributed by atoms with Gasteiger partial charge in [-0.05, 0) is 43.2 Å². The van der Waals surface area contributed by atoms with Crippen LogP contribution in [0.2, 0.25) is 0 Å². The Bertz CT molecular complexity index is 1230. The van der Waals surface area contributed by atoms with Crippen LogP contribution in [0.25, 0.3) is 0 Å². The van der Waals surface area contributed by atoms with Crippen LogP contribution in [0.3, 0.4) is 0 Å². The summed E-state index contributed by atoms with van der Waals surface area (Å²) in [6.45, 7) is 0.740.